The molecule has 16 heteroatoms. The Kier molecular flexibility index (Phi) is 13.7. The SMILES string of the molecule is CC(C)(C)[O-].C[C@H]1CC[C@@]2(Cc3nc(OC[C@@]45CCCN4C[C@H](F)C5)nc(N4CCCn5nc(C(=O)N(C)C)cc5C4)c3CO2)c2cc(NC(=O)OC(C)(C)C)ccc21.[Na+]. The molecule has 1 aliphatic carbocycles. The van der Waals surface area contributed by atoms with Crippen LogP contribution in [0.5, 0.6) is 6.01 Å². The minimum Gasteiger partial charge on any atom is -0.850 e. The molecule has 2 fully saturated rings. The molecule has 5 aliphatic rings. The molecule has 3 aromatic rings. The van der Waals surface area contributed by atoms with Crippen molar-refractivity contribution in [2.75, 3.05) is 50.6 Å². The van der Waals surface area contributed by atoms with Gasteiger partial charge in [-0.15, -0.1) is 5.60 Å². The fraction of sp³-hybridized carbons (Fsp3) is 0.659. The summed E-state index contributed by atoms with van der Waals surface area (Å²) in [5.41, 5.74) is 3.63. The maximum absolute atomic E-state index is 14.7. The van der Waals surface area contributed by atoms with Gasteiger partial charge in [0.2, 0.25) is 0 Å². The van der Waals surface area contributed by atoms with Crippen LogP contribution in [0.3, 0.4) is 0 Å². The topological polar surface area (TPSA) is 150 Å². The van der Waals surface area contributed by atoms with Crippen molar-refractivity contribution in [3.8, 4) is 6.01 Å². The third-order valence-electron chi connectivity index (χ3n) is 11.9. The third-order valence-corrected chi connectivity index (χ3v) is 11.9. The number of nitrogens with zero attached hydrogens (tertiary/aromatic N) is 7. The minimum absolute atomic E-state index is 0. The van der Waals surface area contributed by atoms with Crippen LogP contribution in [0.2, 0.25) is 0 Å². The molecule has 2 aromatic heterocycles. The molecule has 2 amide bonds. The van der Waals surface area contributed by atoms with E-state index in [0.717, 1.165) is 73.5 Å². The van der Waals surface area contributed by atoms with E-state index in [9.17, 15) is 19.1 Å². The number of amides is 2. The predicted molar refractivity (Wildman–Crippen MR) is 220 cm³/mol. The monoisotopic (exact) mass is 840 g/mol. The summed E-state index contributed by atoms with van der Waals surface area (Å²) < 4.78 is 35.7. The third kappa shape index (κ3) is 10.3. The molecule has 14 nitrogen and oxygen atoms in total. The molecule has 0 unspecified atom stereocenters. The van der Waals surface area contributed by atoms with Gasteiger partial charge in [0.25, 0.3) is 5.91 Å². The van der Waals surface area contributed by atoms with Crippen LogP contribution in [0.1, 0.15) is 131 Å². The molecule has 4 atom stereocenters. The largest absolute Gasteiger partial charge is 1.00 e. The first kappa shape index (κ1) is 46.2. The van der Waals surface area contributed by atoms with Gasteiger partial charge in [0, 0.05) is 57.8 Å². The van der Waals surface area contributed by atoms with Gasteiger partial charge in [-0.25, -0.2) is 9.18 Å². The van der Waals surface area contributed by atoms with Crippen molar-refractivity contribution in [3.63, 3.8) is 0 Å². The molecule has 1 spiro atoms. The molecule has 2 saturated heterocycles. The van der Waals surface area contributed by atoms with Crippen LogP contribution >= 0.6 is 0 Å². The first-order valence-electron chi connectivity index (χ1n) is 21.1. The Morgan fingerprint density at radius 1 is 1.07 bits per heavy atom. The smallest absolute Gasteiger partial charge is 0.850 e. The second kappa shape index (κ2) is 17.8. The number of aromatic nitrogens is 4. The number of nitrogens with one attached hydrogen (secondary N) is 1. The van der Waals surface area contributed by atoms with Gasteiger partial charge in [0.15, 0.2) is 5.69 Å². The van der Waals surface area contributed by atoms with Crippen LogP contribution in [-0.4, -0.2) is 105 Å². The van der Waals surface area contributed by atoms with E-state index in [1.165, 1.54) is 5.56 Å². The minimum atomic E-state index is -0.861. The summed E-state index contributed by atoms with van der Waals surface area (Å²) in [7, 11) is 3.46. The standard InChI is InChI=1S/C40H53FN8O5.C4H9O.Na/c1-25-11-13-40(31-17-27(9-10-29(25)31)42-37(51)54-38(2,3)4)20-33-30(23-53-40)34(44-36(43-33)52-24-39-12-7-15-48(39)21-26(41)19-39)47-14-8-16-49-28(22-47)18-32(45-49)35(50)46(5)6;1-4(2,3)5;/h9-10,17-18,25-26H,7-8,11-16,19-24H2,1-6H3,(H,42,51);1-3H3;/q;-1;+1/t25-,26+,39-,40+;;/m0../s1. The van der Waals surface area contributed by atoms with E-state index >= 15 is 0 Å². The molecule has 322 valence electrons. The zero-order valence-corrected chi connectivity index (χ0v) is 39.3. The number of anilines is 2. The normalized spacial score (nSPS) is 24.8. The number of ether oxygens (including phenoxy) is 3. The van der Waals surface area contributed by atoms with Crippen molar-refractivity contribution in [1.82, 2.24) is 29.5 Å². The maximum Gasteiger partial charge on any atom is 1.00 e. The summed E-state index contributed by atoms with van der Waals surface area (Å²) in [5, 5.41) is 17.7. The number of carbonyl (C=O) groups excluding carboxylic acids is 2. The Morgan fingerprint density at radius 3 is 2.53 bits per heavy atom. The quantitative estimate of drug-likeness (QED) is 0.365. The zero-order valence-electron chi connectivity index (χ0n) is 37.3. The van der Waals surface area contributed by atoms with Gasteiger partial charge in [0.05, 0.1) is 35.7 Å². The van der Waals surface area contributed by atoms with Crippen LogP contribution in [0.4, 0.5) is 20.7 Å². The molecule has 6 heterocycles. The van der Waals surface area contributed by atoms with Gasteiger partial charge in [-0.2, -0.15) is 15.1 Å². The van der Waals surface area contributed by atoms with Crippen molar-refractivity contribution in [1.29, 1.82) is 0 Å². The molecule has 60 heavy (non-hydrogen) atoms. The fourth-order valence-electron chi connectivity index (χ4n) is 9.22. The van der Waals surface area contributed by atoms with E-state index < -0.39 is 29.1 Å². The van der Waals surface area contributed by atoms with Crippen molar-refractivity contribution in [2.24, 2.45) is 0 Å². The van der Waals surface area contributed by atoms with Crippen LogP contribution in [0.25, 0.3) is 0 Å². The summed E-state index contributed by atoms with van der Waals surface area (Å²) in [4.78, 5) is 41.8. The first-order chi connectivity index (χ1) is 27.7. The summed E-state index contributed by atoms with van der Waals surface area (Å²) >= 11 is 0. The summed E-state index contributed by atoms with van der Waals surface area (Å²) in [5.74, 6) is 0.933. The van der Waals surface area contributed by atoms with Crippen molar-refractivity contribution >= 4 is 23.5 Å². The van der Waals surface area contributed by atoms with Crippen LogP contribution < -0.4 is 49.6 Å². The summed E-state index contributed by atoms with van der Waals surface area (Å²) in [6.07, 6.45) is 4.03. The Hall–Kier alpha value is -3.34. The van der Waals surface area contributed by atoms with Gasteiger partial charge in [0.1, 0.15) is 24.2 Å². The van der Waals surface area contributed by atoms with E-state index in [1.54, 1.807) is 39.8 Å². The Morgan fingerprint density at radius 2 is 1.82 bits per heavy atom. The molecule has 4 aliphatic heterocycles. The fourth-order valence-corrected chi connectivity index (χ4v) is 9.22. The molecular formula is C44H62FN8NaO6. The number of halogens is 1. The Labute approximate surface area is 376 Å². The van der Waals surface area contributed by atoms with E-state index in [2.05, 4.69) is 33.2 Å². The molecule has 0 saturated carbocycles. The molecule has 0 bridgehead atoms. The maximum atomic E-state index is 14.7. The summed E-state index contributed by atoms with van der Waals surface area (Å²) in [6.45, 7) is 16.5. The van der Waals surface area contributed by atoms with Crippen LogP contribution in [0.15, 0.2) is 24.3 Å². The molecule has 8 rings (SSSR count). The molecule has 1 aromatic carbocycles. The molecule has 0 radical (unpaired) electrons. The van der Waals surface area contributed by atoms with Crippen LogP contribution in [0, 0.1) is 0 Å². The van der Waals surface area contributed by atoms with Crippen molar-refractivity contribution in [2.45, 2.75) is 148 Å². The zero-order chi connectivity index (χ0) is 42.5. The van der Waals surface area contributed by atoms with Gasteiger partial charge < -0.3 is 29.1 Å². The van der Waals surface area contributed by atoms with Crippen LogP contribution in [-0.2, 0) is 41.2 Å². The number of rotatable bonds is 6. The number of hydrogen-bond donors (Lipinski definition) is 1. The predicted octanol–water partition coefficient (Wildman–Crippen LogP) is 3.10. The van der Waals surface area contributed by atoms with E-state index in [1.807, 2.05) is 43.7 Å². The second-order valence-electron chi connectivity index (χ2n) is 19.3. The van der Waals surface area contributed by atoms with E-state index in [4.69, 9.17) is 24.2 Å². The number of alkyl halides is 1. The van der Waals surface area contributed by atoms with Crippen molar-refractivity contribution in [3.05, 3.63) is 58.0 Å². The first-order valence-corrected chi connectivity index (χ1v) is 21.1. The van der Waals surface area contributed by atoms with Gasteiger partial charge in [-0.3, -0.25) is 19.7 Å². The van der Waals surface area contributed by atoms with E-state index in [-0.39, 0.29) is 47.0 Å². The number of aryl methyl sites for hydroxylation is 1. The Balaban J connectivity index is 0.000000951. The Bertz CT molecular complexity index is 2040. The van der Waals surface area contributed by atoms with Gasteiger partial charge >= 0.3 is 41.7 Å². The number of carbonyl (C=O) groups is 2. The second-order valence-corrected chi connectivity index (χ2v) is 19.3. The number of benzene rings is 1. The molecular weight excluding hydrogens is 779 g/mol. The van der Waals surface area contributed by atoms with Gasteiger partial charge in [-0.05, 0) is 94.7 Å². The van der Waals surface area contributed by atoms with Crippen molar-refractivity contribution < 1.29 is 62.9 Å². The molecule has 1 N–H and O–H groups in total. The van der Waals surface area contributed by atoms with Gasteiger partial charge in [-0.1, -0.05) is 33.8 Å². The average molecular weight is 841 g/mol. The van der Waals surface area contributed by atoms with E-state index in [0.29, 0.717) is 63.0 Å². The number of hydrogen-bond acceptors (Lipinski definition) is 11. The average Bonchev–Trinajstić information content (AvgIpc) is 3.77. The number of fused-ring (bicyclic) bond motifs is 5. The summed E-state index contributed by atoms with van der Waals surface area (Å²) in [6, 6.07) is 8.22.